The van der Waals surface area contributed by atoms with Gasteiger partial charge >= 0.3 is 0 Å². The third-order valence-electron chi connectivity index (χ3n) is 2.84. The van der Waals surface area contributed by atoms with E-state index in [2.05, 4.69) is 16.4 Å². The Bertz CT molecular complexity index is 528. The van der Waals surface area contributed by atoms with Gasteiger partial charge in [0, 0.05) is 12.5 Å². The summed E-state index contributed by atoms with van der Waals surface area (Å²) in [6.07, 6.45) is 0. The molecule has 0 aliphatic carbocycles. The number of fused-ring (bicyclic) bond motifs is 1. The first-order valence-electron chi connectivity index (χ1n) is 5.97. The van der Waals surface area contributed by atoms with E-state index in [4.69, 9.17) is 4.74 Å². The highest BCUT2D eigenvalue weighted by Crippen LogP contribution is 2.20. The van der Waals surface area contributed by atoms with Gasteiger partial charge in [-0.1, -0.05) is 18.2 Å². The van der Waals surface area contributed by atoms with Crippen LogP contribution in [0.4, 0.5) is 5.82 Å². The molecule has 0 bridgehead atoms. The molecule has 0 saturated carbocycles. The summed E-state index contributed by atoms with van der Waals surface area (Å²) in [5.41, 5.74) is 2.00. The van der Waals surface area contributed by atoms with E-state index >= 15 is 0 Å². The van der Waals surface area contributed by atoms with Gasteiger partial charge < -0.3 is 15.2 Å². The third kappa shape index (κ3) is 2.78. The van der Waals surface area contributed by atoms with E-state index < -0.39 is 0 Å². The quantitative estimate of drug-likeness (QED) is 0.846. The Morgan fingerprint density at radius 1 is 1.39 bits per heavy atom. The van der Waals surface area contributed by atoms with Crippen molar-refractivity contribution in [3.05, 3.63) is 35.9 Å². The summed E-state index contributed by atoms with van der Waals surface area (Å²) in [6.45, 7) is 2.47. The molecule has 0 spiro atoms. The number of nitrogens with zero attached hydrogens (tertiary/aromatic N) is 1. The molecule has 0 aliphatic heterocycles. The monoisotopic (exact) mass is 246 g/mol. The first-order chi connectivity index (χ1) is 8.74. The molecule has 4 heteroatoms. The number of rotatable bonds is 5. The van der Waals surface area contributed by atoms with Crippen molar-refractivity contribution in [3.8, 4) is 0 Å². The Labute approximate surface area is 107 Å². The highest BCUT2D eigenvalue weighted by Gasteiger charge is 2.10. The van der Waals surface area contributed by atoms with Crippen LogP contribution in [0.15, 0.2) is 30.3 Å². The largest absolute Gasteiger partial charge is 0.394 e. The van der Waals surface area contributed by atoms with Gasteiger partial charge in [-0.05, 0) is 24.6 Å². The molecule has 2 N–H and O–H groups in total. The van der Waals surface area contributed by atoms with Crippen LogP contribution in [0.3, 0.4) is 0 Å². The second kappa shape index (κ2) is 5.80. The van der Waals surface area contributed by atoms with E-state index in [9.17, 15) is 5.11 Å². The highest BCUT2D eigenvalue weighted by molar-refractivity contribution is 5.81. The third-order valence-corrected chi connectivity index (χ3v) is 2.84. The van der Waals surface area contributed by atoms with Crippen molar-refractivity contribution in [1.82, 2.24) is 4.98 Å². The number of hydrogen-bond acceptors (Lipinski definition) is 4. The minimum Gasteiger partial charge on any atom is -0.394 e. The number of nitrogens with one attached hydrogen (secondary N) is 1. The number of ether oxygens (including phenoxy) is 1. The molecule has 1 aromatic heterocycles. The Morgan fingerprint density at radius 2 is 2.17 bits per heavy atom. The smallest absolute Gasteiger partial charge is 0.129 e. The first kappa shape index (κ1) is 12.8. The van der Waals surface area contributed by atoms with Gasteiger partial charge in [-0.2, -0.15) is 0 Å². The Morgan fingerprint density at radius 3 is 2.89 bits per heavy atom. The molecule has 1 atom stereocenters. The standard InChI is InChI=1S/C14H18N2O2/c1-10-7-11-5-3-4-6-13(11)16-14(10)15-12(8-17)9-18-2/h3-7,12,17H,8-9H2,1-2H3,(H,15,16). The fourth-order valence-corrected chi connectivity index (χ4v) is 1.90. The number of aliphatic hydroxyl groups excluding tert-OH is 1. The lowest BCUT2D eigenvalue weighted by molar-refractivity contribution is 0.153. The lowest BCUT2D eigenvalue weighted by atomic mass is 10.1. The number of aromatic nitrogens is 1. The van der Waals surface area contributed by atoms with E-state index in [1.165, 1.54) is 0 Å². The van der Waals surface area contributed by atoms with Crippen LogP contribution >= 0.6 is 0 Å². The van der Waals surface area contributed by atoms with Crippen LogP contribution in [-0.4, -0.2) is 36.5 Å². The van der Waals surface area contributed by atoms with Crippen molar-refractivity contribution in [2.24, 2.45) is 0 Å². The number of aryl methyl sites for hydroxylation is 1. The van der Waals surface area contributed by atoms with E-state index in [1.54, 1.807) is 7.11 Å². The molecule has 1 aromatic carbocycles. The summed E-state index contributed by atoms with van der Waals surface area (Å²) >= 11 is 0. The SMILES string of the molecule is COCC(CO)Nc1nc2ccccc2cc1C. The van der Waals surface area contributed by atoms with Gasteiger partial charge in [0.05, 0.1) is 24.8 Å². The van der Waals surface area contributed by atoms with Gasteiger partial charge in [0.25, 0.3) is 0 Å². The van der Waals surface area contributed by atoms with Gasteiger partial charge in [0.1, 0.15) is 5.82 Å². The number of aliphatic hydroxyl groups is 1. The van der Waals surface area contributed by atoms with Crippen LogP contribution in [0.25, 0.3) is 10.9 Å². The van der Waals surface area contributed by atoms with Crippen LogP contribution in [-0.2, 0) is 4.74 Å². The van der Waals surface area contributed by atoms with Gasteiger partial charge in [-0.25, -0.2) is 4.98 Å². The second-order valence-corrected chi connectivity index (χ2v) is 4.33. The zero-order chi connectivity index (χ0) is 13.0. The molecular weight excluding hydrogens is 228 g/mol. The summed E-state index contributed by atoms with van der Waals surface area (Å²) in [5.74, 6) is 0.796. The number of para-hydroxylation sites is 1. The zero-order valence-electron chi connectivity index (χ0n) is 10.7. The van der Waals surface area contributed by atoms with Gasteiger partial charge in [0.15, 0.2) is 0 Å². The van der Waals surface area contributed by atoms with Crippen LogP contribution in [0.1, 0.15) is 5.56 Å². The molecule has 1 unspecified atom stereocenters. The van der Waals surface area contributed by atoms with E-state index in [-0.39, 0.29) is 12.6 Å². The van der Waals surface area contributed by atoms with Crippen LogP contribution < -0.4 is 5.32 Å². The fourth-order valence-electron chi connectivity index (χ4n) is 1.90. The highest BCUT2D eigenvalue weighted by atomic mass is 16.5. The lowest BCUT2D eigenvalue weighted by Gasteiger charge is -2.17. The summed E-state index contributed by atoms with van der Waals surface area (Å²) < 4.78 is 5.04. The van der Waals surface area contributed by atoms with Gasteiger partial charge in [-0.15, -0.1) is 0 Å². The summed E-state index contributed by atoms with van der Waals surface area (Å²) in [7, 11) is 1.62. The molecule has 0 amide bonds. The van der Waals surface area contributed by atoms with Crippen molar-refractivity contribution in [3.63, 3.8) is 0 Å². The number of anilines is 1. The topological polar surface area (TPSA) is 54.4 Å². The second-order valence-electron chi connectivity index (χ2n) is 4.33. The van der Waals surface area contributed by atoms with Gasteiger partial charge in [-0.3, -0.25) is 0 Å². The van der Waals surface area contributed by atoms with Crippen molar-refractivity contribution in [1.29, 1.82) is 0 Å². The zero-order valence-corrected chi connectivity index (χ0v) is 10.7. The van der Waals surface area contributed by atoms with Crippen molar-refractivity contribution >= 4 is 16.7 Å². The van der Waals surface area contributed by atoms with E-state index in [1.807, 2.05) is 31.2 Å². The maximum absolute atomic E-state index is 9.25. The predicted octanol–water partition coefficient (Wildman–Crippen LogP) is 1.96. The van der Waals surface area contributed by atoms with Crippen LogP contribution in [0.5, 0.6) is 0 Å². The van der Waals surface area contributed by atoms with Crippen molar-refractivity contribution in [2.75, 3.05) is 25.6 Å². The average molecular weight is 246 g/mol. The maximum Gasteiger partial charge on any atom is 0.129 e. The summed E-state index contributed by atoms with van der Waals surface area (Å²) in [6, 6.07) is 9.93. The Balaban J connectivity index is 2.29. The fraction of sp³-hybridized carbons (Fsp3) is 0.357. The van der Waals surface area contributed by atoms with Crippen LogP contribution in [0, 0.1) is 6.92 Å². The molecule has 2 rings (SSSR count). The summed E-state index contributed by atoms with van der Waals surface area (Å²) in [4.78, 5) is 4.57. The molecule has 0 radical (unpaired) electrons. The Hall–Kier alpha value is -1.65. The number of hydrogen-bond donors (Lipinski definition) is 2. The van der Waals surface area contributed by atoms with Crippen LogP contribution in [0.2, 0.25) is 0 Å². The molecular formula is C14H18N2O2. The molecule has 4 nitrogen and oxygen atoms in total. The predicted molar refractivity (Wildman–Crippen MR) is 72.9 cm³/mol. The maximum atomic E-state index is 9.25. The molecule has 2 aromatic rings. The van der Waals surface area contributed by atoms with Crippen molar-refractivity contribution in [2.45, 2.75) is 13.0 Å². The van der Waals surface area contributed by atoms with Crippen molar-refractivity contribution < 1.29 is 9.84 Å². The molecule has 1 heterocycles. The number of methoxy groups -OCH3 is 1. The molecule has 0 aliphatic rings. The molecule has 0 fully saturated rings. The first-order valence-corrected chi connectivity index (χ1v) is 5.97. The van der Waals surface area contributed by atoms with E-state index in [0.717, 1.165) is 22.3 Å². The average Bonchev–Trinajstić information content (AvgIpc) is 2.39. The van der Waals surface area contributed by atoms with Gasteiger partial charge in [0.2, 0.25) is 0 Å². The molecule has 96 valence electrons. The minimum atomic E-state index is -0.137. The van der Waals surface area contributed by atoms with E-state index in [0.29, 0.717) is 6.61 Å². The minimum absolute atomic E-state index is 0.0157. The number of benzene rings is 1. The summed E-state index contributed by atoms with van der Waals surface area (Å²) in [5, 5.41) is 13.6. The molecule has 0 saturated heterocycles. The molecule has 18 heavy (non-hydrogen) atoms. The normalized spacial score (nSPS) is 12.6. The number of pyridine rings is 1. The Kier molecular flexibility index (Phi) is 4.12. The lowest BCUT2D eigenvalue weighted by Crippen LogP contribution is -2.29.